The van der Waals surface area contributed by atoms with Gasteiger partial charge in [-0.2, -0.15) is 5.26 Å². The summed E-state index contributed by atoms with van der Waals surface area (Å²) in [5.74, 6) is -1.19. The Morgan fingerprint density at radius 3 is 2.33 bits per heavy atom. The molecule has 0 bridgehead atoms. The van der Waals surface area contributed by atoms with Gasteiger partial charge in [-0.1, -0.05) is 41.4 Å². The zero-order valence-corrected chi connectivity index (χ0v) is 21.3. The Labute approximate surface area is 223 Å². The molecule has 0 aliphatic carbocycles. The number of ether oxygens (including phenoxy) is 2. The molecule has 3 rings (SSSR count). The Balaban J connectivity index is 1.89. The van der Waals surface area contributed by atoms with Crippen LogP contribution in [0.3, 0.4) is 0 Å². The third-order valence-corrected chi connectivity index (χ3v) is 5.79. The van der Waals surface area contributed by atoms with Gasteiger partial charge in [0, 0.05) is 12.1 Å². The first kappa shape index (κ1) is 26.7. The van der Waals surface area contributed by atoms with E-state index in [0.717, 1.165) is 12.1 Å². The normalized spacial score (nSPS) is 10.8. The average molecular weight is 591 g/mol. The van der Waals surface area contributed by atoms with Gasteiger partial charge < -0.3 is 14.8 Å². The molecule has 0 radical (unpaired) electrons. The molecule has 0 aliphatic rings. The highest BCUT2D eigenvalue weighted by Gasteiger charge is 2.20. The van der Waals surface area contributed by atoms with Crippen molar-refractivity contribution in [3.8, 4) is 17.6 Å². The fourth-order valence-corrected chi connectivity index (χ4v) is 4.04. The van der Waals surface area contributed by atoms with Crippen LogP contribution in [-0.2, 0) is 4.79 Å². The number of nitrogens with zero attached hydrogens (tertiary/aromatic N) is 2. The van der Waals surface area contributed by atoms with Gasteiger partial charge >= 0.3 is 5.97 Å². The maximum absolute atomic E-state index is 12.7. The van der Waals surface area contributed by atoms with Gasteiger partial charge in [-0.3, -0.25) is 14.9 Å². The number of anilines is 1. The molecule has 182 valence electrons. The summed E-state index contributed by atoms with van der Waals surface area (Å²) >= 11 is 15.4. The molecule has 1 amide bonds. The second-order valence-corrected chi connectivity index (χ2v) is 8.62. The number of carbonyl (C=O) groups excluding carboxylic acids is 2. The summed E-state index contributed by atoms with van der Waals surface area (Å²) < 4.78 is 11.1. The monoisotopic (exact) mass is 589 g/mol. The van der Waals surface area contributed by atoms with Gasteiger partial charge in [0.2, 0.25) is 0 Å². The molecule has 0 heterocycles. The number of nitriles is 1. The molecule has 0 aliphatic heterocycles. The molecule has 1 N–H and O–H groups in total. The summed E-state index contributed by atoms with van der Waals surface area (Å²) in [6, 6.07) is 15.2. The molecular formula is C24H14BrCl2N3O6. The van der Waals surface area contributed by atoms with E-state index in [0.29, 0.717) is 15.6 Å². The van der Waals surface area contributed by atoms with Gasteiger partial charge in [-0.15, -0.1) is 0 Å². The number of hydrogen-bond donors (Lipinski definition) is 1. The summed E-state index contributed by atoms with van der Waals surface area (Å²) in [5.41, 5.74) is -0.0715. The highest BCUT2D eigenvalue weighted by Crippen LogP contribution is 2.38. The SMILES string of the molecule is COc1cc(/C=C(\C#N)C(=O)Nc2c(Cl)cc([N+](=O)[O-])cc2Cl)cc(Br)c1OC(=O)c1ccccc1. The van der Waals surface area contributed by atoms with Crippen molar-refractivity contribution in [3.63, 3.8) is 0 Å². The summed E-state index contributed by atoms with van der Waals surface area (Å²) in [7, 11) is 1.37. The van der Waals surface area contributed by atoms with Gasteiger partial charge in [0.25, 0.3) is 11.6 Å². The van der Waals surface area contributed by atoms with E-state index in [1.807, 2.05) is 0 Å². The van der Waals surface area contributed by atoms with Crippen molar-refractivity contribution in [1.29, 1.82) is 5.26 Å². The van der Waals surface area contributed by atoms with Crippen LogP contribution in [-0.4, -0.2) is 23.9 Å². The number of nitro benzene ring substituents is 1. The molecule has 36 heavy (non-hydrogen) atoms. The van der Waals surface area contributed by atoms with Crippen LogP contribution in [0.5, 0.6) is 11.5 Å². The minimum Gasteiger partial charge on any atom is -0.493 e. The molecule has 0 saturated heterocycles. The standard InChI is InChI=1S/C24H14BrCl2N3O6/c1-35-20-9-13(8-17(25)22(20)36-24(32)14-5-3-2-4-6-14)7-15(12-28)23(31)29-21-18(26)10-16(30(33)34)11-19(21)27/h2-11H,1H3,(H,29,31)/b15-7+. The van der Waals surface area contributed by atoms with Crippen LogP contribution in [0.25, 0.3) is 6.08 Å². The largest absolute Gasteiger partial charge is 0.493 e. The highest BCUT2D eigenvalue weighted by molar-refractivity contribution is 9.10. The molecule has 3 aromatic rings. The Bertz CT molecular complexity index is 1410. The van der Waals surface area contributed by atoms with E-state index in [1.54, 1.807) is 36.4 Å². The Morgan fingerprint density at radius 2 is 1.78 bits per heavy atom. The van der Waals surface area contributed by atoms with Gasteiger partial charge in [0.05, 0.1) is 37.8 Å². The average Bonchev–Trinajstić information content (AvgIpc) is 2.86. The van der Waals surface area contributed by atoms with Crippen LogP contribution in [0.15, 0.2) is 64.6 Å². The minimum absolute atomic E-state index is 0.0861. The van der Waals surface area contributed by atoms with Gasteiger partial charge in [0.15, 0.2) is 11.5 Å². The zero-order valence-electron chi connectivity index (χ0n) is 18.3. The third kappa shape index (κ3) is 6.20. The number of nitro groups is 1. The Morgan fingerprint density at radius 1 is 1.14 bits per heavy atom. The molecule has 0 unspecified atom stereocenters. The van der Waals surface area contributed by atoms with Crippen LogP contribution >= 0.6 is 39.1 Å². The lowest BCUT2D eigenvalue weighted by atomic mass is 10.1. The predicted octanol–water partition coefficient (Wildman–Crippen LogP) is 6.44. The van der Waals surface area contributed by atoms with Crippen molar-refractivity contribution < 1.29 is 24.0 Å². The van der Waals surface area contributed by atoms with Crippen LogP contribution < -0.4 is 14.8 Å². The molecule has 0 spiro atoms. The lowest BCUT2D eigenvalue weighted by Crippen LogP contribution is -2.14. The zero-order chi connectivity index (χ0) is 26.4. The van der Waals surface area contributed by atoms with Crippen LogP contribution in [0, 0.1) is 21.4 Å². The topological polar surface area (TPSA) is 132 Å². The smallest absolute Gasteiger partial charge is 0.343 e. The number of hydrogen-bond acceptors (Lipinski definition) is 7. The van der Waals surface area contributed by atoms with Crippen molar-refractivity contribution >= 4 is 68.5 Å². The first-order valence-corrected chi connectivity index (χ1v) is 11.4. The molecule has 0 saturated carbocycles. The Hall–Kier alpha value is -3.91. The number of halogens is 3. The molecule has 0 atom stereocenters. The first-order valence-electron chi connectivity index (χ1n) is 9.86. The summed E-state index contributed by atoms with van der Waals surface area (Å²) in [6.07, 6.45) is 1.26. The maximum Gasteiger partial charge on any atom is 0.343 e. The number of benzene rings is 3. The number of methoxy groups -OCH3 is 1. The van der Waals surface area contributed by atoms with Crippen molar-refractivity contribution in [3.05, 3.63) is 95.9 Å². The number of esters is 1. The summed E-state index contributed by atoms with van der Waals surface area (Å²) in [4.78, 5) is 35.4. The Kier molecular flexibility index (Phi) is 8.66. The molecule has 0 aromatic heterocycles. The van der Waals surface area contributed by atoms with Crippen LogP contribution in [0.4, 0.5) is 11.4 Å². The molecule has 0 fully saturated rings. The van der Waals surface area contributed by atoms with E-state index in [-0.39, 0.29) is 38.5 Å². The van der Waals surface area contributed by atoms with E-state index < -0.39 is 16.8 Å². The molecule has 3 aromatic carbocycles. The first-order chi connectivity index (χ1) is 17.1. The number of nitrogens with one attached hydrogen (secondary N) is 1. The van der Waals surface area contributed by atoms with Crippen molar-refractivity contribution in [2.45, 2.75) is 0 Å². The lowest BCUT2D eigenvalue weighted by Gasteiger charge is -2.13. The van der Waals surface area contributed by atoms with E-state index in [9.17, 15) is 25.0 Å². The highest BCUT2D eigenvalue weighted by atomic mass is 79.9. The lowest BCUT2D eigenvalue weighted by molar-refractivity contribution is -0.384. The number of carbonyl (C=O) groups is 2. The number of rotatable bonds is 7. The maximum atomic E-state index is 12.7. The van der Waals surface area contributed by atoms with E-state index in [1.165, 1.54) is 25.3 Å². The second-order valence-electron chi connectivity index (χ2n) is 6.96. The third-order valence-electron chi connectivity index (χ3n) is 4.61. The second kappa shape index (κ2) is 11.7. The van der Waals surface area contributed by atoms with Crippen molar-refractivity contribution in [2.24, 2.45) is 0 Å². The van der Waals surface area contributed by atoms with Crippen molar-refractivity contribution in [2.75, 3.05) is 12.4 Å². The summed E-state index contributed by atoms with van der Waals surface area (Å²) in [5, 5.41) is 22.5. The molecular weight excluding hydrogens is 577 g/mol. The number of non-ortho nitro benzene ring substituents is 1. The van der Waals surface area contributed by atoms with Gasteiger partial charge in [-0.25, -0.2) is 4.79 Å². The van der Waals surface area contributed by atoms with Crippen molar-refractivity contribution in [1.82, 2.24) is 0 Å². The molecule has 12 heteroatoms. The predicted molar refractivity (Wildman–Crippen MR) is 137 cm³/mol. The fourth-order valence-electron chi connectivity index (χ4n) is 2.93. The summed E-state index contributed by atoms with van der Waals surface area (Å²) in [6.45, 7) is 0. The quantitative estimate of drug-likeness (QED) is 0.0836. The van der Waals surface area contributed by atoms with E-state index >= 15 is 0 Å². The minimum atomic E-state index is -0.857. The van der Waals surface area contributed by atoms with Gasteiger partial charge in [0.1, 0.15) is 11.6 Å². The van der Waals surface area contributed by atoms with Gasteiger partial charge in [-0.05, 0) is 51.8 Å². The van der Waals surface area contributed by atoms with Crippen LogP contribution in [0.2, 0.25) is 10.0 Å². The van der Waals surface area contributed by atoms with Crippen LogP contribution in [0.1, 0.15) is 15.9 Å². The molecule has 9 nitrogen and oxygen atoms in total. The van der Waals surface area contributed by atoms with E-state index in [4.69, 9.17) is 32.7 Å². The fraction of sp³-hybridized carbons (Fsp3) is 0.0417. The van der Waals surface area contributed by atoms with E-state index in [2.05, 4.69) is 21.2 Å². The number of amides is 1.